The lowest BCUT2D eigenvalue weighted by molar-refractivity contribution is -0.384. The molecule has 106 valence electrons. The highest BCUT2D eigenvalue weighted by molar-refractivity contribution is 5.34. The molecule has 0 bridgehead atoms. The van der Waals surface area contributed by atoms with Gasteiger partial charge >= 0.3 is 0 Å². The van der Waals surface area contributed by atoms with Crippen LogP contribution in [0.4, 0.5) is 5.69 Å². The highest BCUT2D eigenvalue weighted by Gasteiger charge is 2.20. The number of hydrogen-bond donors (Lipinski definition) is 1. The molecular weight excluding hydrogens is 240 g/mol. The van der Waals surface area contributed by atoms with Gasteiger partial charge in [-0.2, -0.15) is 0 Å². The minimum absolute atomic E-state index is 0.138. The molecule has 2 unspecified atom stereocenters. The molecule has 0 saturated heterocycles. The smallest absolute Gasteiger partial charge is 0.269 e. The molecule has 0 heterocycles. The molecule has 1 aromatic rings. The second kappa shape index (κ2) is 6.15. The van der Waals surface area contributed by atoms with E-state index >= 15 is 0 Å². The van der Waals surface area contributed by atoms with Gasteiger partial charge in [-0.15, -0.1) is 0 Å². The summed E-state index contributed by atoms with van der Waals surface area (Å²) >= 11 is 0. The molecule has 0 fully saturated rings. The topological polar surface area (TPSA) is 55.2 Å². The molecular formula is C15H24N2O2. The highest BCUT2D eigenvalue weighted by Crippen LogP contribution is 2.25. The molecule has 2 atom stereocenters. The van der Waals surface area contributed by atoms with Crippen LogP contribution >= 0.6 is 0 Å². The number of rotatable bonds is 5. The molecule has 0 aliphatic heterocycles. The zero-order valence-corrected chi connectivity index (χ0v) is 12.4. The number of nitro groups is 1. The van der Waals surface area contributed by atoms with Crippen LogP contribution in [-0.4, -0.2) is 11.5 Å². The summed E-state index contributed by atoms with van der Waals surface area (Å²) in [5.41, 5.74) is 1.49. The minimum atomic E-state index is -0.371. The van der Waals surface area contributed by atoms with Crippen LogP contribution in [0.5, 0.6) is 0 Å². The van der Waals surface area contributed by atoms with E-state index in [0.717, 1.165) is 12.1 Å². The lowest BCUT2D eigenvalue weighted by Crippen LogP contribution is -2.31. The maximum atomic E-state index is 10.6. The van der Waals surface area contributed by atoms with Crippen molar-refractivity contribution in [3.05, 3.63) is 39.9 Å². The first-order valence-corrected chi connectivity index (χ1v) is 6.69. The SMILES string of the molecule is CC(NCC(C)C(C)(C)C)c1ccc([N+](=O)[O-])cc1. The van der Waals surface area contributed by atoms with Crippen LogP contribution in [-0.2, 0) is 0 Å². The number of nitrogens with one attached hydrogen (secondary N) is 1. The van der Waals surface area contributed by atoms with E-state index in [1.807, 2.05) is 12.1 Å². The molecule has 0 spiro atoms. The predicted molar refractivity (Wildman–Crippen MR) is 78.1 cm³/mol. The summed E-state index contributed by atoms with van der Waals surface area (Å²) in [5, 5.41) is 14.1. The lowest BCUT2D eigenvalue weighted by Gasteiger charge is -2.29. The number of non-ortho nitro benzene ring substituents is 1. The normalized spacial score (nSPS) is 15.0. The fourth-order valence-electron chi connectivity index (χ4n) is 1.66. The second-order valence-corrected chi connectivity index (χ2v) is 6.25. The monoisotopic (exact) mass is 264 g/mol. The Kier molecular flexibility index (Phi) is 5.06. The van der Waals surface area contributed by atoms with Crippen molar-refractivity contribution >= 4 is 5.69 Å². The van der Waals surface area contributed by atoms with E-state index < -0.39 is 0 Å². The Morgan fingerprint density at radius 2 is 1.74 bits per heavy atom. The molecule has 0 radical (unpaired) electrons. The van der Waals surface area contributed by atoms with Crippen LogP contribution in [0, 0.1) is 21.4 Å². The molecule has 4 nitrogen and oxygen atoms in total. The Morgan fingerprint density at radius 1 is 1.21 bits per heavy atom. The molecule has 4 heteroatoms. The van der Waals surface area contributed by atoms with Gasteiger partial charge in [0.1, 0.15) is 0 Å². The minimum Gasteiger partial charge on any atom is -0.310 e. The maximum absolute atomic E-state index is 10.6. The van der Waals surface area contributed by atoms with Gasteiger partial charge in [0, 0.05) is 18.2 Å². The maximum Gasteiger partial charge on any atom is 0.269 e. The third-order valence-corrected chi connectivity index (χ3v) is 3.81. The van der Waals surface area contributed by atoms with Gasteiger partial charge in [-0.1, -0.05) is 39.8 Å². The predicted octanol–water partition coefficient (Wildman–Crippen LogP) is 3.93. The first-order valence-electron chi connectivity index (χ1n) is 6.69. The molecule has 19 heavy (non-hydrogen) atoms. The molecule has 0 aromatic heterocycles. The summed E-state index contributed by atoms with van der Waals surface area (Å²) in [6.45, 7) is 11.9. The van der Waals surface area contributed by atoms with Crippen LogP contribution in [0.2, 0.25) is 0 Å². The van der Waals surface area contributed by atoms with Crippen LogP contribution < -0.4 is 5.32 Å². The van der Waals surface area contributed by atoms with E-state index in [2.05, 4.69) is 39.9 Å². The van der Waals surface area contributed by atoms with Crippen LogP contribution in [0.1, 0.15) is 46.2 Å². The Balaban J connectivity index is 2.59. The van der Waals surface area contributed by atoms with Crippen molar-refractivity contribution in [2.75, 3.05) is 6.54 Å². The first kappa shape index (κ1) is 15.6. The fourth-order valence-corrected chi connectivity index (χ4v) is 1.66. The van der Waals surface area contributed by atoms with Crippen LogP contribution in [0.15, 0.2) is 24.3 Å². The summed E-state index contributed by atoms with van der Waals surface area (Å²) in [7, 11) is 0. The molecule has 0 amide bonds. The van der Waals surface area contributed by atoms with Crippen molar-refractivity contribution in [1.82, 2.24) is 5.32 Å². The number of nitrogens with zero attached hydrogens (tertiary/aromatic N) is 1. The largest absolute Gasteiger partial charge is 0.310 e. The summed E-state index contributed by atoms with van der Waals surface area (Å²) in [4.78, 5) is 10.2. The van der Waals surface area contributed by atoms with Gasteiger partial charge in [0.25, 0.3) is 5.69 Å². The van der Waals surface area contributed by atoms with E-state index in [4.69, 9.17) is 0 Å². The molecule has 1 N–H and O–H groups in total. The van der Waals surface area contributed by atoms with Gasteiger partial charge in [-0.25, -0.2) is 0 Å². The number of nitro benzene ring substituents is 1. The van der Waals surface area contributed by atoms with Crippen molar-refractivity contribution in [2.45, 2.75) is 40.7 Å². The number of hydrogen-bond acceptors (Lipinski definition) is 3. The standard InChI is InChI=1S/C15H24N2O2/c1-11(15(3,4)5)10-16-12(2)13-6-8-14(9-7-13)17(18)19/h6-9,11-12,16H,10H2,1-5H3. The summed E-state index contributed by atoms with van der Waals surface area (Å²) in [6.07, 6.45) is 0. The third kappa shape index (κ3) is 4.63. The first-order chi connectivity index (χ1) is 8.71. The summed E-state index contributed by atoms with van der Waals surface area (Å²) in [5.74, 6) is 0.563. The van der Waals surface area contributed by atoms with Crippen molar-refractivity contribution < 1.29 is 4.92 Å². The van der Waals surface area contributed by atoms with E-state index in [1.165, 1.54) is 0 Å². The van der Waals surface area contributed by atoms with E-state index in [0.29, 0.717) is 5.92 Å². The van der Waals surface area contributed by atoms with Gasteiger partial charge in [-0.05, 0) is 30.4 Å². The van der Waals surface area contributed by atoms with Gasteiger partial charge in [0.05, 0.1) is 4.92 Å². The van der Waals surface area contributed by atoms with E-state index in [1.54, 1.807) is 12.1 Å². The Labute approximate surface area is 115 Å². The van der Waals surface area contributed by atoms with E-state index in [-0.39, 0.29) is 22.1 Å². The van der Waals surface area contributed by atoms with Crippen molar-refractivity contribution in [1.29, 1.82) is 0 Å². The Hall–Kier alpha value is -1.42. The zero-order valence-electron chi connectivity index (χ0n) is 12.4. The van der Waals surface area contributed by atoms with Gasteiger partial charge in [-0.3, -0.25) is 10.1 Å². The van der Waals surface area contributed by atoms with Crippen molar-refractivity contribution in [3.63, 3.8) is 0 Å². The van der Waals surface area contributed by atoms with Crippen LogP contribution in [0.25, 0.3) is 0 Å². The summed E-state index contributed by atoms with van der Waals surface area (Å²) in [6, 6.07) is 6.95. The Bertz CT molecular complexity index is 421. The van der Waals surface area contributed by atoms with Gasteiger partial charge in [0.15, 0.2) is 0 Å². The van der Waals surface area contributed by atoms with Crippen LogP contribution in [0.3, 0.4) is 0 Å². The Morgan fingerprint density at radius 3 is 2.16 bits per heavy atom. The molecule has 0 aliphatic carbocycles. The second-order valence-electron chi connectivity index (χ2n) is 6.25. The number of benzene rings is 1. The quantitative estimate of drug-likeness (QED) is 0.647. The summed E-state index contributed by atoms with van der Waals surface area (Å²) < 4.78 is 0. The lowest BCUT2D eigenvalue weighted by atomic mass is 9.82. The van der Waals surface area contributed by atoms with Gasteiger partial charge in [0.2, 0.25) is 0 Å². The molecule has 0 aliphatic rings. The molecule has 0 saturated carbocycles. The van der Waals surface area contributed by atoms with Crippen molar-refractivity contribution in [2.24, 2.45) is 11.3 Å². The van der Waals surface area contributed by atoms with E-state index in [9.17, 15) is 10.1 Å². The highest BCUT2D eigenvalue weighted by atomic mass is 16.6. The van der Waals surface area contributed by atoms with Gasteiger partial charge < -0.3 is 5.32 Å². The average Bonchev–Trinajstić information content (AvgIpc) is 2.34. The zero-order chi connectivity index (χ0) is 14.6. The molecule has 1 aromatic carbocycles. The molecule has 1 rings (SSSR count). The van der Waals surface area contributed by atoms with Crippen molar-refractivity contribution in [3.8, 4) is 0 Å². The average molecular weight is 264 g/mol. The fraction of sp³-hybridized carbons (Fsp3) is 0.600. The third-order valence-electron chi connectivity index (χ3n) is 3.81.